The zero-order chi connectivity index (χ0) is 13.9. The standard InChI is InChI=1S/C12H18FN3O2S/c13-11-1-3-12(4-2-11)15-6-8-16(9-7-15)19(17,18)10-5-14/h1-4H,5-10,14H2. The van der Waals surface area contributed by atoms with Crippen LogP contribution in [0.25, 0.3) is 0 Å². The van der Waals surface area contributed by atoms with E-state index in [-0.39, 0.29) is 18.1 Å². The van der Waals surface area contributed by atoms with Crippen LogP contribution in [-0.4, -0.2) is 51.2 Å². The zero-order valence-corrected chi connectivity index (χ0v) is 11.4. The molecule has 1 fully saturated rings. The number of benzene rings is 1. The van der Waals surface area contributed by atoms with Crippen LogP contribution >= 0.6 is 0 Å². The van der Waals surface area contributed by atoms with Gasteiger partial charge in [-0.1, -0.05) is 0 Å². The molecule has 0 radical (unpaired) electrons. The van der Waals surface area contributed by atoms with Gasteiger partial charge in [-0.3, -0.25) is 0 Å². The number of rotatable bonds is 4. The van der Waals surface area contributed by atoms with Crippen LogP contribution in [0.4, 0.5) is 10.1 Å². The summed E-state index contributed by atoms with van der Waals surface area (Å²) >= 11 is 0. The second-order valence-electron chi connectivity index (χ2n) is 4.47. The summed E-state index contributed by atoms with van der Waals surface area (Å²) in [6.45, 7) is 2.24. The summed E-state index contributed by atoms with van der Waals surface area (Å²) in [6, 6.07) is 6.23. The molecular formula is C12H18FN3O2S. The minimum atomic E-state index is -3.22. The maximum atomic E-state index is 12.8. The Kier molecular flexibility index (Phi) is 4.38. The Bertz CT molecular complexity index is 510. The minimum Gasteiger partial charge on any atom is -0.369 e. The Hall–Kier alpha value is -1.18. The van der Waals surface area contributed by atoms with Gasteiger partial charge < -0.3 is 10.6 Å². The largest absolute Gasteiger partial charge is 0.369 e. The van der Waals surface area contributed by atoms with Gasteiger partial charge in [0.25, 0.3) is 0 Å². The van der Waals surface area contributed by atoms with Crippen molar-refractivity contribution in [3.63, 3.8) is 0 Å². The average molecular weight is 287 g/mol. The van der Waals surface area contributed by atoms with Crippen molar-refractivity contribution in [3.05, 3.63) is 30.1 Å². The van der Waals surface area contributed by atoms with E-state index in [1.54, 1.807) is 12.1 Å². The van der Waals surface area contributed by atoms with E-state index in [2.05, 4.69) is 0 Å². The molecule has 1 aromatic rings. The first-order valence-electron chi connectivity index (χ1n) is 6.21. The van der Waals surface area contributed by atoms with E-state index in [1.165, 1.54) is 16.4 Å². The number of nitrogens with two attached hydrogens (primary N) is 1. The average Bonchev–Trinajstić information content (AvgIpc) is 2.40. The predicted molar refractivity (Wildman–Crippen MR) is 73.0 cm³/mol. The Balaban J connectivity index is 1.98. The van der Waals surface area contributed by atoms with Gasteiger partial charge >= 0.3 is 0 Å². The van der Waals surface area contributed by atoms with E-state index in [0.717, 1.165) is 5.69 Å². The highest BCUT2D eigenvalue weighted by Crippen LogP contribution is 2.18. The third kappa shape index (κ3) is 3.43. The van der Waals surface area contributed by atoms with Gasteiger partial charge in [0.1, 0.15) is 5.82 Å². The summed E-state index contributed by atoms with van der Waals surface area (Å²) in [7, 11) is -3.22. The number of hydrogen-bond acceptors (Lipinski definition) is 4. The van der Waals surface area contributed by atoms with Crippen molar-refractivity contribution >= 4 is 15.7 Å². The van der Waals surface area contributed by atoms with Gasteiger partial charge in [0.2, 0.25) is 10.0 Å². The normalized spacial score (nSPS) is 17.7. The molecule has 0 saturated carbocycles. The van der Waals surface area contributed by atoms with Crippen molar-refractivity contribution in [1.29, 1.82) is 0 Å². The van der Waals surface area contributed by atoms with E-state index in [1.807, 2.05) is 4.90 Å². The van der Waals surface area contributed by atoms with Crippen molar-refractivity contribution in [2.24, 2.45) is 5.73 Å². The molecule has 2 N–H and O–H groups in total. The number of halogens is 1. The third-order valence-electron chi connectivity index (χ3n) is 3.20. The van der Waals surface area contributed by atoms with E-state index in [9.17, 15) is 12.8 Å². The molecule has 0 atom stereocenters. The van der Waals surface area contributed by atoms with E-state index in [0.29, 0.717) is 26.2 Å². The molecule has 1 aromatic carbocycles. The zero-order valence-electron chi connectivity index (χ0n) is 10.6. The van der Waals surface area contributed by atoms with Crippen LogP contribution < -0.4 is 10.6 Å². The highest BCUT2D eigenvalue weighted by molar-refractivity contribution is 7.89. The van der Waals surface area contributed by atoms with E-state index >= 15 is 0 Å². The lowest BCUT2D eigenvalue weighted by molar-refractivity contribution is 0.385. The van der Waals surface area contributed by atoms with Gasteiger partial charge in [-0.05, 0) is 24.3 Å². The highest BCUT2D eigenvalue weighted by atomic mass is 32.2. The van der Waals surface area contributed by atoms with Gasteiger partial charge in [-0.25, -0.2) is 12.8 Å². The third-order valence-corrected chi connectivity index (χ3v) is 5.10. The topological polar surface area (TPSA) is 66.6 Å². The molecule has 1 aliphatic heterocycles. The van der Waals surface area contributed by atoms with Crippen molar-refractivity contribution in [3.8, 4) is 0 Å². The SMILES string of the molecule is NCCS(=O)(=O)N1CCN(c2ccc(F)cc2)CC1. The molecule has 0 spiro atoms. The number of anilines is 1. The Morgan fingerprint density at radius 2 is 1.68 bits per heavy atom. The van der Waals surface area contributed by atoms with Crippen molar-refractivity contribution in [2.75, 3.05) is 43.4 Å². The molecule has 0 aliphatic carbocycles. The van der Waals surface area contributed by atoms with Crippen molar-refractivity contribution in [2.45, 2.75) is 0 Å². The fourth-order valence-electron chi connectivity index (χ4n) is 2.15. The van der Waals surface area contributed by atoms with E-state index in [4.69, 9.17) is 5.73 Å². The molecule has 106 valence electrons. The summed E-state index contributed by atoms with van der Waals surface area (Å²) in [5, 5.41) is 0. The molecular weight excluding hydrogens is 269 g/mol. The van der Waals surface area contributed by atoms with E-state index < -0.39 is 10.0 Å². The van der Waals surface area contributed by atoms with Crippen LogP contribution in [0, 0.1) is 5.82 Å². The lowest BCUT2D eigenvalue weighted by Gasteiger charge is -2.35. The first-order valence-corrected chi connectivity index (χ1v) is 7.82. The van der Waals surface area contributed by atoms with Gasteiger partial charge in [-0.2, -0.15) is 4.31 Å². The lowest BCUT2D eigenvalue weighted by Crippen LogP contribution is -2.49. The quantitative estimate of drug-likeness (QED) is 0.861. The van der Waals surface area contributed by atoms with Gasteiger partial charge in [0.15, 0.2) is 0 Å². The highest BCUT2D eigenvalue weighted by Gasteiger charge is 2.26. The molecule has 0 aromatic heterocycles. The summed E-state index contributed by atoms with van der Waals surface area (Å²) in [5.41, 5.74) is 6.22. The number of piperazine rings is 1. The Morgan fingerprint density at radius 3 is 2.21 bits per heavy atom. The minimum absolute atomic E-state index is 0.0104. The number of nitrogens with zero attached hydrogens (tertiary/aromatic N) is 2. The summed E-state index contributed by atoms with van der Waals surface area (Å²) in [6.07, 6.45) is 0. The van der Waals surface area contributed by atoms with Crippen molar-refractivity contribution < 1.29 is 12.8 Å². The number of hydrogen-bond donors (Lipinski definition) is 1. The van der Waals surface area contributed by atoms with Crippen LogP contribution in [0.5, 0.6) is 0 Å². The molecule has 0 unspecified atom stereocenters. The van der Waals surface area contributed by atoms with Crippen LogP contribution in [0.15, 0.2) is 24.3 Å². The van der Waals surface area contributed by atoms with Gasteiger partial charge in [-0.15, -0.1) is 0 Å². The van der Waals surface area contributed by atoms with Crippen molar-refractivity contribution in [1.82, 2.24) is 4.31 Å². The second kappa shape index (κ2) is 5.85. The fraction of sp³-hybridized carbons (Fsp3) is 0.500. The molecule has 2 rings (SSSR count). The molecule has 0 bridgehead atoms. The monoisotopic (exact) mass is 287 g/mol. The second-order valence-corrected chi connectivity index (χ2v) is 6.56. The molecule has 1 heterocycles. The molecule has 7 heteroatoms. The van der Waals surface area contributed by atoms with Crippen LogP contribution in [0.2, 0.25) is 0 Å². The smallest absolute Gasteiger partial charge is 0.215 e. The number of sulfonamides is 1. The molecule has 0 amide bonds. The summed E-state index contributed by atoms with van der Waals surface area (Å²) in [4.78, 5) is 2.05. The van der Waals surface area contributed by atoms with Crippen LogP contribution in [0.3, 0.4) is 0 Å². The predicted octanol–water partition coefficient (Wildman–Crippen LogP) is 0.236. The summed E-state index contributed by atoms with van der Waals surface area (Å²) < 4.78 is 38.0. The molecule has 19 heavy (non-hydrogen) atoms. The summed E-state index contributed by atoms with van der Waals surface area (Å²) in [5.74, 6) is -0.281. The first kappa shape index (κ1) is 14.2. The van der Waals surface area contributed by atoms with Crippen LogP contribution in [0.1, 0.15) is 0 Å². The molecule has 1 aliphatic rings. The fourth-order valence-corrected chi connectivity index (χ4v) is 3.43. The van der Waals surface area contributed by atoms with Gasteiger partial charge in [0.05, 0.1) is 5.75 Å². The van der Waals surface area contributed by atoms with Crippen LogP contribution in [-0.2, 0) is 10.0 Å². The maximum absolute atomic E-state index is 12.8. The first-order chi connectivity index (χ1) is 9.03. The lowest BCUT2D eigenvalue weighted by atomic mass is 10.2. The maximum Gasteiger partial charge on any atom is 0.215 e. The Labute approximate surface area is 112 Å². The molecule has 1 saturated heterocycles. The Morgan fingerprint density at radius 1 is 1.11 bits per heavy atom. The molecule has 5 nitrogen and oxygen atoms in total. The van der Waals surface area contributed by atoms with Gasteiger partial charge in [0, 0.05) is 38.4 Å².